The Kier molecular flexibility index (Phi) is 4.28. The van der Waals surface area contributed by atoms with Crippen molar-refractivity contribution in [3.63, 3.8) is 0 Å². The molecule has 1 aliphatic carbocycles. The molecule has 0 amide bonds. The van der Waals surface area contributed by atoms with Crippen molar-refractivity contribution < 1.29 is 14.3 Å². The molecule has 0 N–H and O–H groups in total. The van der Waals surface area contributed by atoms with E-state index in [1.165, 1.54) is 0 Å². The predicted molar refractivity (Wildman–Crippen MR) is 114 cm³/mol. The molecule has 4 aromatic rings. The summed E-state index contributed by atoms with van der Waals surface area (Å²) in [5.41, 5.74) is 0.823. The van der Waals surface area contributed by atoms with E-state index in [1.54, 1.807) is 0 Å². The zero-order valence-corrected chi connectivity index (χ0v) is 15.9. The lowest BCUT2D eigenvalue weighted by atomic mass is 9.81. The van der Waals surface area contributed by atoms with Gasteiger partial charge in [-0.25, -0.2) is 0 Å². The maximum absolute atomic E-state index is 13.7. The van der Waals surface area contributed by atoms with E-state index in [9.17, 15) is 4.79 Å². The fourth-order valence-corrected chi connectivity index (χ4v) is 4.08. The molecule has 0 saturated heterocycles. The van der Waals surface area contributed by atoms with Gasteiger partial charge in [0.15, 0.2) is 5.78 Å². The van der Waals surface area contributed by atoms with Gasteiger partial charge in [-0.2, -0.15) is 0 Å². The standard InChI is InChI=1S/C26H20O3/c27-25-22-15-7-9-19-10-8-16-23(24(19)22)26(25,17-28-20-11-3-1-4-12-20)18-29-21-13-5-2-6-14-21/h1-16H,17-18H2. The third-order valence-corrected chi connectivity index (χ3v) is 5.56. The normalized spacial score (nSPS) is 14.1. The van der Waals surface area contributed by atoms with Crippen molar-refractivity contribution in [3.8, 4) is 11.5 Å². The number of carbonyl (C=O) groups is 1. The predicted octanol–water partition coefficient (Wildman–Crippen LogP) is 5.43. The van der Waals surface area contributed by atoms with E-state index in [0.29, 0.717) is 0 Å². The molecule has 0 bridgehead atoms. The number of para-hydroxylation sites is 2. The Morgan fingerprint density at radius 2 is 1.17 bits per heavy atom. The molecule has 142 valence electrons. The van der Waals surface area contributed by atoms with E-state index in [0.717, 1.165) is 33.4 Å². The highest BCUT2D eigenvalue weighted by Gasteiger charge is 2.49. The topological polar surface area (TPSA) is 35.5 Å². The van der Waals surface area contributed by atoms with Crippen LogP contribution in [0.15, 0.2) is 97.1 Å². The fourth-order valence-electron chi connectivity index (χ4n) is 4.08. The van der Waals surface area contributed by atoms with Crippen molar-refractivity contribution in [2.45, 2.75) is 5.41 Å². The van der Waals surface area contributed by atoms with E-state index in [-0.39, 0.29) is 19.0 Å². The summed E-state index contributed by atoms with van der Waals surface area (Å²) < 4.78 is 12.2. The molecule has 1 aliphatic rings. The van der Waals surface area contributed by atoms with E-state index in [2.05, 4.69) is 0 Å². The Morgan fingerprint density at radius 3 is 1.76 bits per heavy atom. The highest BCUT2D eigenvalue weighted by atomic mass is 16.5. The smallest absolute Gasteiger partial charge is 0.180 e. The number of hydrogen-bond acceptors (Lipinski definition) is 3. The minimum Gasteiger partial charge on any atom is -0.492 e. The van der Waals surface area contributed by atoms with Crippen LogP contribution < -0.4 is 9.47 Å². The summed E-state index contributed by atoms with van der Waals surface area (Å²) in [6.45, 7) is 0.437. The van der Waals surface area contributed by atoms with Gasteiger partial charge < -0.3 is 9.47 Å². The third kappa shape index (κ3) is 2.95. The third-order valence-electron chi connectivity index (χ3n) is 5.56. The summed E-state index contributed by atoms with van der Waals surface area (Å²) >= 11 is 0. The average Bonchev–Trinajstić information content (AvgIpc) is 3.03. The van der Waals surface area contributed by atoms with Crippen molar-refractivity contribution in [2.75, 3.05) is 13.2 Å². The van der Waals surface area contributed by atoms with Gasteiger partial charge >= 0.3 is 0 Å². The van der Waals surface area contributed by atoms with Crippen LogP contribution in [-0.2, 0) is 5.41 Å². The Labute approximate surface area is 169 Å². The molecule has 0 radical (unpaired) electrons. The number of carbonyl (C=O) groups excluding carboxylic acids is 1. The summed E-state index contributed by atoms with van der Waals surface area (Å²) in [6, 6.07) is 31.1. The molecule has 0 atom stereocenters. The van der Waals surface area contributed by atoms with Gasteiger partial charge in [0.1, 0.15) is 30.1 Å². The van der Waals surface area contributed by atoms with Gasteiger partial charge in [0.2, 0.25) is 0 Å². The van der Waals surface area contributed by atoms with E-state index >= 15 is 0 Å². The largest absolute Gasteiger partial charge is 0.492 e. The zero-order valence-electron chi connectivity index (χ0n) is 15.9. The van der Waals surface area contributed by atoms with Crippen molar-refractivity contribution in [1.82, 2.24) is 0 Å². The quantitative estimate of drug-likeness (QED) is 0.447. The first-order chi connectivity index (χ1) is 14.3. The maximum atomic E-state index is 13.7. The second-order valence-electron chi connectivity index (χ2n) is 7.32. The van der Waals surface area contributed by atoms with Crippen LogP contribution in [0, 0.1) is 0 Å². The summed E-state index contributed by atoms with van der Waals surface area (Å²) in [5.74, 6) is 1.53. The Bertz CT molecular complexity index is 1120. The first kappa shape index (κ1) is 17.5. The molecule has 3 nitrogen and oxygen atoms in total. The lowest BCUT2D eigenvalue weighted by Gasteiger charge is -2.29. The number of Topliss-reactive ketones (excluding diaryl/α,β-unsaturated/α-hetero) is 1. The second kappa shape index (κ2) is 7.10. The van der Waals surface area contributed by atoms with Gasteiger partial charge in [0.25, 0.3) is 0 Å². The van der Waals surface area contributed by atoms with Crippen molar-refractivity contribution in [2.24, 2.45) is 0 Å². The SMILES string of the molecule is O=C1c2cccc3cccc(c23)C1(COc1ccccc1)COc1ccccc1. The lowest BCUT2D eigenvalue weighted by Crippen LogP contribution is -2.44. The van der Waals surface area contributed by atoms with Gasteiger partial charge in [0, 0.05) is 5.56 Å². The summed E-state index contributed by atoms with van der Waals surface area (Å²) in [7, 11) is 0. The minimum absolute atomic E-state index is 0.0520. The molecular weight excluding hydrogens is 360 g/mol. The molecule has 0 aromatic heterocycles. The molecular formula is C26H20O3. The summed E-state index contributed by atoms with van der Waals surface area (Å²) in [4.78, 5) is 13.7. The zero-order chi connectivity index (χ0) is 19.7. The van der Waals surface area contributed by atoms with Gasteiger partial charge in [-0.15, -0.1) is 0 Å². The molecule has 0 aliphatic heterocycles. The maximum Gasteiger partial charge on any atom is 0.180 e. The fraction of sp³-hybridized carbons (Fsp3) is 0.115. The highest BCUT2D eigenvalue weighted by Crippen LogP contribution is 2.43. The number of ether oxygens (including phenoxy) is 2. The Hall–Kier alpha value is -3.59. The van der Waals surface area contributed by atoms with Crippen molar-refractivity contribution in [1.29, 1.82) is 0 Å². The monoisotopic (exact) mass is 380 g/mol. The minimum atomic E-state index is -0.894. The van der Waals surface area contributed by atoms with E-state index in [4.69, 9.17) is 9.47 Å². The summed E-state index contributed by atoms with van der Waals surface area (Å²) in [5, 5.41) is 2.07. The second-order valence-corrected chi connectivity index (χ2v) is 7.32. The lowest BCUT2D eigenvalue weighted by molar-refractivity contribution is 0.0742. The molecule has 0 heterocycles. The van der Waals surface area contributed by atoms with Crippen molar-refractivity contribution >= 4 is 16.6 Å². The molecule has 5 rings (SSSR count). The summed E-state index contributed by atoms with van der Waals surface area (Å²) in [6.07, 6.45) is 0. The van der Waals surface area contributed by atoms with Gasteiger partial charge in [-0.05, 0) is 40.6 Å². The Balaban J connectivity index is 1.57. The first-order valence-electron chi connectivity index (χ1n) is 9.71. The van der Waals surface area contributed by atoms with Crippen LogP contribution in [-0.4, -0.2) is 19.0 Å². The highest BCUT2D eigenvalue weighted by molar-refractivity contribution is 6.20. The van der Waals surface area contributed by atoms with Gasteiger partial charge in [-0.1, -0.05) is 72.8 Å². The van der Waals surface area contributed by atoms with Crippen LogP contribution >= 0.6 is 0 Å². The molecule has 3 heteroatoms. The Morgan fingerprint density at radius 1 is 0.621 bits per heavy atom. The van der Waals surface area contributed by atoms with Crippen LogP contribution in [0.1, 0.15) is 15.9 Å². The average molecular weight is 380 g/mol. The van der Waals surface area contributed by atoms with E-state index in [1.807, 2.05) is 97.1 Å². The van der Waals surface area contributed by atoms with Crippen LogP contribution in [0.2, 0.25) is 0 Å². The van der Waals surface area contributed by atoms with E-state index < -0.39 is 5.41 Å². The van der Waals surface area contributed by atoms with Gasteiger partial charge in [-0.3, -0.25) is 4.79 Å². The molecule has 0 saturated carbocycles. The van der Waals surface area contributed by atoms with Gasteiger partial charge in [0.05, 0.1) is 0 Å². The van der Waals surface area contributed by atoms with Crippen LogP contribution in [0.25, 0.3) is 10.8 Å². The molecule has 0 fully saturated rings. The number of hydrogen-bond donors (Lipinski definition) is 0. The molecule has 29 heavy (non-hydrogen) atoms. The molecule has 0 spiro atoms. The first-order valence-corrected chi connectivity index (χ1v) is 9.71. The van der Waals surface area contributed by atoms with Crippen LogP contribution in [0.5, 0.6) is 11.5 Å². The molecule has 4 aromatic carbocycles. The number of ketones is 1. The molecule has 0 unspecified atom stereocenters. The number of rotatable bonds is 6. The van der Waals surface area contributed by atoms with Crippen molar-refractivity contribution in [3.05, 3.63) is 108 Å². The van der Waals surface area contributed by atoms with Crippen LogP contribution in [0.3, 0.4) is 0 Å². The van der Waals surface area contributed by atoms with Crippen LogP contribution in [0.4, 0.5) is 0 Å². The number of benzene rings is 4.